The number of nitrogens with zero attached hydrogens (tertiary/aromatic N) is 4. The van der Waals surface area contributed by atoms with Crippen molar-refractivity contribution >= 4 is 0 Å². The highest BCUT2D eigenvalue weighted by Crippen LogP contribution is 2.39. The lowest BCUT2D eigenvalue weighted by molar-refractivity contribution is 0.662. The maximum absolute atomic E-state index is 4.75. The summed E-state index contributed by atoms with van der Waals surface area (Å²) in [5, 5.41) is 12.9. The topological polar surface area (TPSA) is 47.7 Å². The lowest BCUT2D eigenvalue weighted by Gasteiger charge is -2.07. The zero-order valence-corrected chi connectivity index (χ0v) is 12.1. The number of hydrogen-bond acceptors (Lipinski definition) is 3. The largest absolute Gasteiger partial charge is 0.310 e. The van der Waals surface area contributed by atoms with E-state index in [4.69, 9.17) is 5.10 Å². The monoisotopic (exact) mass is 271 g/mol. The number of aromatic nitrogens is 4. The van der Waals surface area contributed by atoms with E-state index in [1.54, 1.807) is 0 Å². The van der Waals surface area contributed by atoms with Crippen LogP contribution in [0.4, 0.5) is 0 Å². The van der Waals surface area contributed by atoms with Crippen molar-refractivity contribution in [2.24, 2.45) is 7.05 Å². The molecule has 2 saturated carbocycles. The summed E-state index contributed by atoms with van der Waals surface area (Å²) in [4.78, 5) is 0. The second kappa shape index (κ2) is 4.45. The Kier molecular flexibility index (Phi) is 2.70. The van der Waals surface area contributed by atoms with Gasteiger partial charge in [-0.25, -0.2) is 4.68 Å². The summed E-state index contributed by atoms with van der Waals surface area (Å²) < 4.78 is 3.94. The molecule has 20 heavy (non-hydrogen) atoms. The van der Waals surface area contributed by atoms with Gasteiger partial charge in [-0.1, -0.05) is 0 Å². The van der Waals surface area contributed by atoms with Crippen molar-refractivity contribution in [1.29, 1.82) is 0 Å². The summed E-state index contributed by atoms with van der Waals surface area (Å²) in [6, 6.07) is 2.86. The Labute approximate surface area is 119 Å². The summed E-state index contributed by atoms with van der Waals surface area (Å²) in [5.41, 5.74) is 3.59. The number of hydrogen-bond donors (Lipinski definition) is 1. The van der Waals surface area contributed by atoms with Gasteiger partial charge in [0.15, 0.2) is 5.82 Å². The first-order valence-corrected chi connectivity index (χ1v) is 7.54. The summed E-state index contributed by atoms with van der Waals surface area (Å²) in [6.07, 6.45) is 7.27. The molecule has 2 aliphatic carbocycles. The fourth-order valence-corrected chi connectivity index (χ4v) is 2.77. The first kappa shape index (κ1) is 12.1. The molecule has 5 nitrogen and oxygen atoms in total. The van der Waals surface area contributed by atoms with Crippen LogP contribution in [0, 0.1) is 6.92 Å². The average molecular weight is 271 g/mol. The molecule has 2 aromatic rings. The van der Waals surface area contributed by atoms with Gasteiger partial charge in [-0.05, 0) is 38.7 Å². The average Bonchev–Trinajstić information content (AvgIpc) is 3.33. The van der Waals surface area contributed by atoms with Gasteiger partial charge in [0.25, 0.3) is 0 Å². The number of nitrogens with one attached hydrogen (secondary N) is 1. The maximum atomic E-state index is 4.75. The van der Waals surface area contributed by atoms with Gasteiger partial charge in [-0.3, -0.25) is 4.68 Å². The van der Waals surface area contributed by atoms with Gasteiger partial charge in [0, 0.05) is 37.3 Å². The third-order valence-corrected chi connectivity index (χ3v) is 4.28. The van der Waals surface area contributed by atoms with Gasteiger partial charge >= 0.3 is 0 Å². The smallest absolute Gasteiger partial charge is 0.156 e. The Hall–Kier alpha value is -1.62. The van der Waals surface area contributed by atoms with Gasteiger partial charge in [0.1, 0.15) is 0 Å². The molecule has 4 rings (SSSR count). The minimum atomic E-state index is 0.693. The van der Waals surface area contributed by atoms with Crippen LogP contribution in [0.5, 0.6) is 0 Å². The van der Waals surface area contributed by atoms with Crippen LogP contribution >= 0.6 is 0 Å². The molecular weight excluding hydrogens is 250 g/mol. The van der Waals surface area contributed by atoms with Crippen LogP contribution in [-0.4, -0.2) is 25.6 Å². The third kappa shape index (κ3) is 2.16. The predicted molar refractivity (Wildman–Crippen MR) is 76.9 cm³/mol. The molecule has 0 unspecified atom stereocenters. The molecular formula is C15H21N5. The van der Waals surface area contributed by atoms with E-state index in [-0.39, 0.29) is 0 Å². The highest BCUT2D eigenvalue weighted by atomic mass is 15.4. The van der Waals surface area contributed by atoms with E-state index in [1.807, 2.05) is 16.4 Å². The van der Waals surface area contributed by atoms with Crippen molar-refractivity contribution < 1.29 is 0 Å². The van der Waals surface area contributed by atoms with Crippen molar-refractivity contribution in [2.45, 2.75) is 51.1 Å². The molecule has 0 saturated heterocycles. The molecule has 0 amide bonds. The van der Waals surface area contributed by atoms with E-state index in [9.17, 15) is 0 Å². The third-order valence-electron chi connectivity index (χ3n) is 4.28. The molecule has 0 radical (unpaired) electrons. The van der Waals surface area contributed by atoms with Crippen molar-refractivity contribution in [3.05, 3.63) is 29.2 Å². The highest BCUT2D eigenvalue weighted by Gasteiger charge is 2.27. The van der Waals surface area contributed by atoms with Crippen LogP contribution in [-0.2, 0) is 13.6 Å². The summed E-state index contributed by atoms with van der Waals surface area (Å²) in [7, 11) is 2.00. The molecule has 0 aromatic carbocycles. The van der Waals surface area contributed by atoms with E-state index in [0.717, 1.165) is 18.1 Å². The van der Waals surface area contributed by atoms with Crippen LogP contribution in [0.15, 0.2) is 12.3 Å². The standard InChI is InChI=1S/C15H21N5/c1-10-13(9-16-12-5-6-12)15(19(2)17-10)20-8-7-14(18-20)11-3-4-11/h7-8,11-12,16H,3-6,9H2,1-2H3. The molecule has 106 valence electrons. The molecule has 0 spiro atoms. The highest BCUT2D eigenvalue weighted by molar-refractivity contribution is 5.38. The van der Waals surface area contributed by atoms with E-state index in [1.165, 1.54) is 36.9 Å². The van der Waals surface area contributed by atoms with Gasteiger partial charge in [-0.2, -0.15) is 10.2 Å². The second-order valence-electron chi connectivity index (χ2n) is 6.13. The SMILES string of the molecule is Cc1nn(C)c(-n2ccc(C3CC3)n2)c1CNC1CC1. The molecule has 2 fully saturated rings. The van der Waals surface area contributed by atoms with E-state index in [0.29, 0.717) is 12.0 Å². The minimum Gasteiger partial charge on any atom is -0.310 e. The molecule has 0 aliphatic heterocycles. The lowest BCUT2D eigenvalue weighted by Crippen LogP contribution is -2.17. The van der Waals surface area contributed by atoms with Gasteiger partial charge < -0.3 is 5.32 Å². The summed E-state index contributed by atoms with van der Waals surface area (Å²) in [5.74, 6) is 1.79. The molecule has 0 bridgehead atoms. The molecule has 2 aromatic heterocycles. The Morgan fingerprint density at radius 3 is 2.75 bits per heavy atom. The molecule has 0 atom stereocenters. The van der Waals surface area contributed by atoms with Crippen molar-refractivity contribution in [3.63, 3.8) is 0 Å². The van der Waals surface area contributed by atoms with Crippen molar-refractivity contribution in [2.75, 3.05) is 0 Å². The quantitative estimate of drug-likeness (QED) is 0.905. The van der Waals surface area contributed by atoms with Gasteiger partial charge in [-0.15, -0.1) is 0 Å². The fourth-order valence-electron chi connectivity index (χ4n) is 2.77. The Bertz CT molecular complexity index is 631. The van der Waals surface area contributed by atoms with Crippen LogP contribution in [0.1, 0.15) is 48.6 Å². The zero-order valence-electron chi connectivity index (χ0n) is 12.1. The first-order valence-electron chi connectivity index (χ1n) is 7.54. The van der Waals surface area contributed by atoms with Gasteiger partial charge in [0.05, 0.1) is 11.4 Å². The van der Waals surface area contributed by atoms with E-state index >= 15 is 0 Å². The van der Waals surface area contributed by atoms with Crippen LogP contribution in [0.2, 0.25) is 0 Å². The van der Waals surface area contributed by atoms with E-state index in [2.05, 4.69) is 29.6 Å². The Balaban J connectivity index is 1.66. The molecule has 1 N–H and O–H groups in total. The van der Waals surface area contributed by atoms with Crippen molar-refractivity contribution in [3.8, 4) is 5.82 Å². The Morgan fingerprint density at radius 1 is 1.25 bits per heavy atom. The van der Waals surface area contributed by atoms with Crippen LogP contribution < -0.4 is 5.32 Å². The molecule has 5 heteroatoms. The number of aryl methyl sites for hydroxylation is 2. The fraction of sp³-hybridized carbons (Fsp3) is 0.600. The Morgan fingerprint density at radius 2 is 2.05 bits per heavy atom. The van der Waals surface area contributed by atoms with Crippen LogP contribution in [0.3, 0.4) is 0 Å². The van der Waals surface area contributed by atoms with Gasteiger partial charge in [0.2, 0.25) is 0 Å². The number of rotatable bonds is 5. The summed E-state index contributed by atoms with van der Waals surface area (Å²) in [6.45, 7) is 2.97. The second-order valence-corrected chi connectivity index (χ2v) is 6.13. The van der Waals surface area contributed by atoms with Crippen LogP contribution in [0.25, 0.3) is 5.82 Å². The predicted octanol–water partition coefficient (Wildman–Crippen LogP) is 2.04. The lowest BCUT2D eigenvalue weighted by atomic mass is 10.2. The molecule has 2 heterocycles. The minimum absolute atomic E-state index is 0.693. The molecule has 2 aliphatic rings. The first-order chi connectivity index (χ1) is 9.72. The van der Waals surface area contributed by atoms with Crippen molar-refractivity contribution in [1.82, 2.24) is 24.9 Å². The van der Waals surface area contributed by atoms with E-state index < -0.39 is 0 Å². The zero-order chi connectivity index (χ0) is 13.7. The normalized spacial score (nSPS) is 18.7. The maximum Gasteiger partial charge on any atom is 0.156 e. The summed E-state index contributed by atoms with van der Waals surface area (Å²) >= 11 is 0.